The lowest BCUT2D eigenvalue weighted by molar-refractivity contribution is 0.0376. The lowest BCUT2D eigenvalue weighted by Gasteiger charge is -2.26. The maximum atomic E-state index is 11.7. The number of hydrogen-bond donors (Lipinski definition) is 2. The van der Waals surface area contributed by atoms with Crippen molar-refractivity contribution in [1.82, 2.24) is 14.9 Å². The Morgan fingerprint density at radius 3 is 2.53 bits per heavy atom. The molecule has 0 amide bonds. The first-order valence-corrected chi connectivity index (χ1v) is 8.65. The molecule has 0 saturated carbocycles. The van der Waals surface area contributed by atoms with Crippen molar-refractivity contribution in [2.45, 2.75) is 26.3 Å². The molecular formula is C12H27N3O3S. The van der Waals surface area contributed by atoms with Crippen LogP contribution in [0.3, 0.4) is 0 Å². The van der Waals surface area contributed by atoms with Crippen LogP contribution >= 0.6 is 0 Å². The Bertz CT molecular complexity index is 327. The van der Waals surface area contributed by atoms with Crippen LogP contribution < -0.4 is 10.0 Å². The van der Waals surface area contributed by atoms with Crippen molar-refractivity contribution >= 4 is 10.0 Å². The third-order valence-electron chi connectivity index (χ3n) is 3.00. The van der Waals surface area contributed by atoms with Gasteiger partial charge in [0.15, 0.2) is 0 Å². The van der Waals surface area contributed by atoms with Gasteiger partial charge >= 0.3 is 0 Å². The molecule has 6 nitrogen and oxygen atoms in total. The number of rotatable bonds is 9. The largest absolute Gasteiger partial charge is 0.379 e. The maximum absolute atomic E-state index is 11.7. The predicted octanol–water partition coefficient (Wildman–Crippen LogP) is -0.374. The Labute approximate surface area is 116 Å². The van der Waals surface area contributed by atoms with Gasteiger partial charge in [-0.2, -0.15) is 0 Å². The van der Waals surface area contributed by atoms with E-state index in [1.54, 1.807) is 0 Å². The second-order valence-corrected chi connectivity index (χ2v) is 7.06. The van der Waals surface area contributed by atoms with E-state index in [-0.39, 0.29) is 5.75 Å². The molecule has 0 aliphatic carbocycles. The number of nitrogens with one attached hydrogen (secondary N) is 2. The zero-order chi connectivity index (χ0) is 14.1. The molecule has 7 heteroatoms. The van der Waals surface area contributed by atoms with E-state index >= 15 is 0 Å². The fourth-order valence-electron chi connectivity index (χ4n) is 1.91. The predicted molar refractivity (Wildman–Crippen MR) is 76.8 cm³/mol. The molecule has 0 aromatic rings. The van der Waals surface area contributed by atoms with Gasteiger partial charge in [-0.1, -0.05) is 13.8 Å². The van der Waals surface area contributed by atoms with Gasteiger partial charge in [0, 0.05) is 32.2 Å². The van der Waals surface area contributed by atoms with Crippen LogP contribution in [0.4, 0.5) is 0 Å². The molecule has 1 heterocycles. The molecule has 2 N–H and O–H groups in total. The highest BCUT2D eigenvalue weighted by molar-refractivity contribution is 7.89. The van der Waals surface area contributed by atoms with E-state index in [2.05, 4.69) is 14.9 Å². The van der Waals surface area contributed by atoms with Crippen molar-refractivity contribution in [1.29, 1.82) is 0 Å². The minimum Gasteiger partial charge on any atom is -0.379 e. The van der Waals surface area contributed by atoms with Crippen molar-refractivity contribution in [3.63, 3.8) is 0 Å². The molecule has 1 aliphatic rings. The van der Waals surface area contributed by atoms with E-state index in [0.717, 1.165) is 39.3 Å². The minimum atomic E-state index is -3.14. The first kappa shape index (κ1) is 16.8. The Morgan fingerprint density at radius 2 is 1.89 bits per heavy atom. The van der Waals surface area contributed by atoms with Crippen molar-refractivity contribution in [2.75, 3.05) is 51.7 Å². The average Bonchev–Trinajstić information content (AvgIpc) is 2.35. The van der Waals surface area contributed by atoms with E-state index in [1.165, 1.54) is 0 Å². The summed E-state index contributed by atoms with van der Waals surface area (Å²) in [4.78, 5) is 2.30. The molecule has 0 unspecified atom stereocenters. The Kier molecular flexibility index (Phi) is 7.86. The second kappa shape index (κ2) is 8.86. The third-order valence-corrected chi connectivity index (χ3v) is 4.39. The summed E-state index contributed by atoms with van der Waals surface area (Å²) in [6, 6.07) is 0.316. The lowest BCUT2D eigenvalue weighted by atomic mass is 10.3. The summed E-state index contributed by atoms with van der Waals surface area (Å²) >= 11 is 0. The summed E-state index contributed by atoms with van der Waals surface area (Å²) in [5.41, 5.74) is 0. The highest BCUT2D eigenvalue weighted by Crippen LogP contribution is 1.97. The van der Waals surface area contributed by atoms with Crippen LogP contribution in [-0.4, -0.2) is 71.0 Å². The van der Waals surface area contributed by atoms with Gasteiger partial charge in [-0.3, -0.25) is 4.90 Å². The molecule has 1 saturated heterocycles. The first-order chi connectivity index (χ1) is 8.99. The normalized spacial score (nSPS) is 18.1. The summed E-state index contributed by atoms with van der Waals surface area (Å²) in [5, 5.41) is 3.10. The van der Waals surface area contributed by atoms with E-state index in [4.69, 9.17) is 4.74 Å². The van der Waals surface area contributed by atoms with Crippen LogP contribution in [0.2, 0.25) is 0 Å². The monoisotopic (exact) mass is 293 g/mol. The van der Waals surface area contributed by atoms with Crippen molar-refractivity contribution in [2.24, 2.45) is 0 Å². The molecule has 0 aromatic heterocycles. The molecule has 1 fully saturated rings. The molecule has 1 aliphatic heterocycles. The smallest absolute Gasteiger partial charge is 0.212 e. The van der Waals surface area contributed by atoms with Gasteiger partial charge in [0.2, 0.25) is 10.0 Å². The van der Waals surface area contributed by atoms with Crippen molar-refractivity contribution in [3.8, 4) is 0 Å². The molecule has 0 radical (unpaired) electrons. The standard InChI is InChI=1S/C12H27N3O3S/c1-12(2)13-5-11-19(16,17)14-4-3-6-15-7-9-18-10-8-15/h12-14H,3-11H2,1-2H3. The van der Waals surface area contributed by atoms with E-state index < -0.39 is 10.0 Å². The quantitative estimate of drug-likeness (QED) is 0.568. The molecule has 114 valence electrons. The summed E-state index contributed by atoms with van der Waals surface area (Å²) < 4.78 is 31.3. The third kappa shape index (κ3) is 8.54. The van der Waals surface area contributed by atoms with Crippen LogP contribution in [0.5, 0.6) is 0 Å². The zero-order valence-electron chi connectivity index (χ0n) is 12.0. The molecule has 0 aromatic carbocycles. The topological polar surface area (TPSA) is 70.7 Å². The summed E-state index contributed by atoms with van der Waals surface area (Å²) in [6.07, 6.45) is 0.844. The van der Waals surface area contributed by atoms with E-state index in [0.29, 0.717) is 19.1 Å². The highest BCUT2D eigenvalue weighted by atomic mass is 32.2. The fourth-order valence-corrected chi connectivity index (χ4v) is 2.90. The van der Waals surface area contributed by atoms with Crippen molar-refractivity contribution in [3.05, 3.63) is 0 Å². The molecule has 19 heavy (non-hydrogen) atoms. The Morgan fingerprint density at radius 1 is 1.21 bits per heavy atom. The number of sulfonamides is 1. The lowest BCUT2D eigenvalue weighted by Crippen LogP contribution is -2.39. The minimum absolute atomic E-state index is 0.142. The molecule has 1 rings (SSSR count). The number of nitrogens with zero attached hydrogens (tertiary/aromatic N) is 1. The summed E-state index contributed by atoms with van der Waals surface area (Å²) in [6.45, 7) is 9.41. The maximum Gasteiger partial charge on any atom is 0.212 e. The van der Waals surface area contributed by atoms with Crippen LogP contribution in [-0.2, 0) is 14.8 Å². The van der Waals surface area contributed by atoms with Crippen LogP contribution in [0.1, 0.15) is 20.3 Å². The zero-order valence-corrected chi connectivity index (χ0v) is 12.8. The molecule has 0 spiro atoms. The average molecular weight is 293 g/mol. The van der Waals surface area contributed by atoms with Gasteiger partial charge in [0.05, 0.1) is 19.0 Å². The van der Waals surface area contributed by atoms with E-state index in [1.807, 2.05) is 13.8 Å². The molecule has 0 atom stereocenters. The van der Waals surface area contributed by atoms with Gasteiger partial charge in [-0.25, -0.2) is 13.1 Å². The van der Waals surface area contributed by atoms with Gasteiger partial charge in [0.1, 0.15) is 0 Å². The summed E-state index contributed by atoms with van der Waals surface area (Å²) in [7, 11) is -3.14. The van der Waals surface area contributed by atoms with Crippen LogP contribution in [0.15, 0.2) is 0 Å². The van der Waals surface area contributed by atoms with Crippen molar-refractivity contribution < 1.29 is 13.2 Å². The van der Waals surface area contributed by atoms with E-state index in [9.17, 15) is 8.42 Å². The highest BCUT2D eigenvalue weighted by Gasteiger charge is 2.11. The van der Waals surface area contributed by atoms with Crippen LogP contribution in [0, 0.1) is 0 Å². The Hall–Kier alpha value is -0.210. The number of ether oxygens (including phenoxy) is 1. The first-order valence-electron chi connectivity index (χ1n) is 7.00. The van der Waals surface area contributed by atoms with Gasteiger partial charge in [-0.05, 0) is 13.0 Å². The summed E-state index contributed by atoms with van der Waals surface area (Å²) in [5.74, 6) is 0.142. The second-order valence-electron chi connectivity index (χ2n) is 5.13. The molecule has 0 bridgehead atoms. The number of morpholine rings is 1. The fraction of sp³-hybridized carbons (Fsp3) is 1.00. The van der Waals surface area contributed by atoms with Crippen LogP contribution in [0.25, 0.3) is 0 Å². The van der Waals surface area contributed by atoms with Gasteiger partial charge in [0.25, 0.3) is 0 Å². The SMILES string of the molecule is CC(C)NCCS(=O)(=O)NCCCN1CCOCC1. The molecular weight excluding hydrogens is 266 g/mol. The Balaban J connectivity index is 2.06. The van der Waals surface area contributed by atoms with Gasteiger partial charge < -0.3 is 10.1 Å². The number of hydrogen-bond acceptors (Lipinski definition) is 5. The van der Waals surface area contributed by atoms with Gasteiger partial charge in [-0.15, -0.1) is 0 Å².